The predicted molar refractivity (Wildman–Crippen MR) is 108 cm³/mol. The van der Waals surface area contributed by atoms with Crippen LogP contribution in [0.2, 0.25) is 5.02 Å². The van der Waals surface area contributed by atoms with Crippen molar-refractivity contribution in [2.75, 3.05) is 26.0 Å². The van der Waals surface area contributed by atoms with E-state index in [1.54, 1.807) is 24.5 Å². The van der Waals surface area contributed by atoms with Crippen molar-refractivity contribution in [2.45, 2.75) is 32.2 Å². The monoisotopic (exact) mass is 404 g/mol. The van der Waals surface area contributed by atoms with Gasteiger partial charge in [0.25, 0.3) is 5.91 Å². The van der Waals surface area contributed by atoms with Gasteiger partial charge in [-0.15, -0.1) is 11.3 Å². The lowest BCUT2D eigenvalue weighted by molar-refractivity contribution is -0.885. The summed E-state index contributed by atoms with van der Waals surface area (Å²) in [7, 11) is 3.57. The Morgan fingerprint density at radius 3 is 2.93 bits per heavy atom. The third kappa shape index (κ3) is 4.62. The van der Waals surface area contributed by atoms with Gasteiger partial charge < -0.3 is 15.0 Å². The van der Waals surface area contributed by atoms with E-state index in [2.05, 4.69) is 11.4 Å². The molecule has 1 unspecified atom stereocenters. The van der Waals surface area contributed by atoms with Crippen molar-refractivity contribution in [3.8, 4) is 11.8 Å². The van der Waals surface area contributed by atoms with E-state index in [1.807, 2.05) is 19.2 Å². The molecular formula is C20H23ClN3O2S+. The number of hydrogen-bond donors (Lipinski definition) is 2. The number of ether oxygens (including phenoxy) is 1. The van der Waals surface area contributed by atoms with Gasteiger partial charge in [0.2, 0.25) is 0 Å². The molecule has 0 spiro atoms. The Labute approximate surface area is 168 Å². The predicted octanol–water partition coefficient (Wildman–Crippen LogP) is 2.81. The maximum absolute atomic E-state index is 12.5. The fourth-order valence-corrected chi connectivity index (χ4v) is 4.94. The number of halogens is 1. The van der Waals surface area contributed by atoms with Crippen molar-refractivity contribution in [1.82, 2.24) is 0 Å². The number of nitrogens with one attached hydrogen (secondary N) is 2. The number of fused-ring (bicyclic) bond motifs is 1. The van der Waals surface area contributed by atoms with Crippen LogP contribution in [0.4, 0.5) is 5.00 Å². The minimum atomic E-state index is -0.0939. The minimum Gasteiger partial charge on any atom is -0.496 e. The number of carbonyl (C=O) groups excluding carboxylic acids is 1. The van der Waals surface area contributed by atoms with Gasteiger partial charge in [0.15, 0.2) is 6.54 Å². The second-order valence-corrected chi connectivity index (χ2v) is 8.38. The van der Waals surface area contributed by atoms with Crippen molar-refractivity contribution in [1.29, 1.82) is 5.26 Å². The quantitative estimate of drug-likeness (QED) is 0.778. The van der Waals surface area contributed by atoms with E-state index in [1.165, 1.54) is 4.88 Å². The van der Waals surface area contributed by atoms with Gasteiger partial charge in [-0.3, -0.25) is 4.79 Å². The minimum absolute atomic E-state index is 0.0939. The van der Waals surface area contributed by atoms with Crippen LogP contribution in [0.15, 0.2) is 18.2 Å². The number of anilines is 1. The van der Waals surface area contributed by atoms with Crippen LogP contribution < -0.4 is 15.0 Å². The topological polar surface area (TPSA) is 66.6 Å². The Bertz CT molecular complexity index is 888. The fraction of sp³-hybridized carbons (Fsp3) is 0.400. The molecule has 142 valence electrons. The first-order valence-electron chi connectivity index (χ1n) is 9.00. The van der Waals surface area contributed by atoms with Crippen LogP contribution in [-0.2, 0) is 24.2 Å². The van der Waals surface area contributed by atoms with Crippen molar-refractivity contribution in [3.63, 3.8) is 0 Å². The number of hydrogen-bond acceptors (Lipinski definition) is 4. The maximum Gasteiger partial charge on any atom is 0.280 e. The van der Waals surface area contributed by atoms with Gasteiger partial charge in [0.1, 0.15) is 23.4 Å². The van der Waals surface area contributed by atoms with Gasteiger partial charge in [-0.05, 0) is 49.4 Å². The maximum atomic E-state index is 12.5. The average Bonchev–Trinajstić information content (AvgIpc) is 2.98. The van der Waals surface area contributed by atoms with Crippen molar-refractivity contribution < 1.29 is 14.4 Å². The fourth-order valence-electron chi connectivity index (χ4n) is 3.49. The lowest BCUT2D eigenvalue weighted by atomic mass is 9.96. The molecule has 1 aliphatic carbocycles. The Morgan fingerprint density at radius 2 is 2.19 bits per heavy atom. The number of rotatable bonds is 6. The number of nitriles is 1. The largest absolute Gasteiger partial charge is 0.496 e. The molecule has 2 aromatic rings. The van der Waals surface area contributed by atoms with Crippen LogP contribution in [0.1, 0.15) is 34.4 Å². The number of methoxy groups -OCH3 is 1. The van der Waals surface area contributed by atoms with Gasteiger partial charge >= 0.3 is 0 Å². The molecule has 1 aromatic carbocycles. The molecular weight excluding hydrogens is 382 g/mol. The third-order valence-corrected chi connectivity index (χ3v) is 6.18. The van der Waals surface area contributed by atoms with Crippen LogP contribution in [-0.4, -0.2) is 26.6 Å². The van der Waals surface area contributed by atoms with E-state index in [9.17, 15) is 10.1 Å². The summed E-state index contributed by atoms with van der Waals surface area (Å²) >= 11 is 7.63. The van der Waals surface area contributed by atoms with E-state index in [-0.39, 0.29) is 5.91 Å². The molecule has 0 bridgehead atoms. The summed E-state index contributed by atoms with van der Waals surface area (Å²) < 4.78 is 5.37. The molecule has 1 atom stereocenters. The van der Waals surface area contributed by atoms with Gasteiger partial charge in [0.05, 0.1) is 19.7 Å². The summed E-state index contributed by atoms with van der Waals surface area (Å²) in [6, 6.07) is 7.76. The van der Waals surface area contributed by atoms with E-state index in [0.717, 1.165) is 47.5 Å². The molecule has 27 heavy (non-hydrogen) atoms. The first kappa shape index (κ1) is 19.7. The molecule has 1 heterocycles. The standard InChI is InChI=1S/C20H22ClN3O2S/c1-24(11-13-9-14(21)7-8-17(13)26-2)12-19(25)23-20-16(10-22)15-5-3-4-6-18(15)27-20/h7-9H,3-6,11-12H2,1-2H3,(H,23,25)/p+1. The van der Waals surface area contributed by atoms with Crippen molar-refractivity contribution >= 4 is 33.8 Å². The lowest BCUT2D eigenvalue weighted by Gasteiger charge is -2.16. The highest BCUT2D eigenvalue weighted by Gasteiger charge is 2.22. The lowest BCUT2D eigenvalue weighted by Crippen LogP contribution is -3.08. The summed E-state index contributed by atoms with van der Waals surface area (Å²) in [5.74, 6) is 0.667. The summed E-state index contributed by atoms with van der Waals surface area (Å²) in [6.45, 7) is 0.909. The van der Waals surface area contributed by atoms with E-state index in [0.29, 0.717) is 28.7 Å². The molecule has 1 aromatic heterocycles. The second-order valence-electron chi connectivity index (χ2n) is 6.84. The number of thiophene rings is 1. The van der Waals surface area contributed by atoms with Crippen molar-refractivity contribution in [3.05, 3.63) is 44.8 Å². The van der Waals surface area contributed by atoms with Gasteiger partial charge in [-0.1, -0.05) is 11.6 Å². The molecule has 0 saturated carbocycles. The normalized spacial score (nSPS) is 14.1. The summed E-state index contributed by atoms with van der Waals surface area (Å²) in [5, 5.41) is 13.8. The second kappa shape index (κ2) is 8.75. The molecule has 0 radical (unpaired) electrons. The van der Waals surface area contributed by atoms with Crippen LogP contribution in [0.3, 0.4) is 0 Å². The molecule has 0 saturated heterocycles. The van der Waals surface area contributed by atoms with Crippen LogP contribution >= 0.6 is 22.9 Å². The molecule has 5 nitrogen and oxygen atoms in total. The number of carbonyl (C=O) groups is 1. The summed E-state index contributed by atoms with van der Waals surface area (Å²) in [5.41, 5.74) is 2.74. The smallest absolute Gasteiger partial charge is 0.280 e. The molecule has 2 N–H and O–H groups in total. The SMILES string of the molecule is COc1ccc(Cl)cc1C[NH+](C)CC(=O)Nc1sc2c(c1C#N)CCCC2. The van der Waals surface area contributed by atoms with Gasteiger partial charge in [-0.2, -0.15) is 5.26 Å². The number of aryl methyl sites for hydroxylation is 1. The van der Waals surface area contributed by atoms with Gasteiger partial charge in [-0.25, -0.2) is 0 Å². The zero-order chi connectivity index (χ0) is 19.4. The number of benzene rings is 1. The van der Waals surface area contributed by atoms with Crippen LogP contribution in [0.25, 0.3) is 0 Å². The molecule has 1 amide bonds. The Kier molecular flexibility index (Phi) is 6.38. The summed E-state index contributed by atoms with van der Waals surface area (Å²) in [4.78, 5) is 14.8. The number of quaternary nitrogens is 1. The first-order valence-corrected chi connectivity index (χ1v) is 10.2. The zero-order valence-corrected chi connectivity index (χ0v) is 17.1. The number of likely N-dealkylation sites (N-methyl/N-ethyl adjacent to an activating group) is 1. The highest BCUT2D eigenvalue weighted by Crippen LogP contribution is 2.37. The molecule has 7 heteroatoms. The molecule has 0 fully saturated rings. The van der Waals surface area contributed by atoms with E-state index < -0.39 is 0 Å². The molecule has 1 aliphatic rings. The van der Waals surface area contributed by atoms with E-state index >= 15 is 0 Å². The highest BCUT2D eigenvalue weighted by atomic mass is 35.5. The molecule has 0 aliphatic heterocycles. The zero-order valence-electron chi connectivity index (χ0n) is 15.5. The Balaban J connectivity index is 1.65. The number of amides is 1. The Hall–Kier alpha value is -2.07. The van der Waals surface area contributed by atoms with Crippen molar-refractivity contribution in [2.24, 2.45) is 0 Å². The third-order valence-electron chi connectivity index (χ3n) is 4.73. The number of nitrogens with zero attached hydrogens (tertiary/aromatic N) is 1. The van der Waals surface area contributed by atoms with Crippen LogP contribution in [0, 0.1) is 11.3 Å². The van der Waals surface area contributed by atoms with Gasteiger partial charge in [0, 0.05) is 15.5 Å². The molecule has 3 rings (SSSR count). The van der Waals surface area contributed by atoms with E-state index in [4.69, 9.17) is 16.3 Å². The first-order chi connectivity index (χ1) is 13.0. The Morgan fingerprint density at radius 1 is 1.41 bits per heavy atom. The average molecular weight is 405 g/mol. The highest BCUT2D eigenvalue weighted by molar-refractivity contribution is 7.16. The van der Waals surface area contributed by atoms with Crippen LogP contribution in [0.5, 0.6) is 5.75 Å². The summed E-state index contributed by atoms with van der Waals surface area (Å²) in [6.07, 6.45) is 4.20.